The van der Waals surface area contributed by atoms with E-state index in [-0.39, 0.29) is 18.0 Å². The molecule has 3 rings (SSSR count). The zero-order valence-electron chi connectivity index (χ0n) is 18.0. The van der Waals surface area contributed by atoms with E-state index >= 15 is 0 Å². The Hall–Kier alpha value is -2.39. The predicted molar refractivity (Wildman–Crippen MR) is 110 cm³/mol. The molecule has 0 bridgehead atoms. The number of morpholine rings is 1. The van der Waals surface area contributed by atoms with Crippen molar-refractivity contribution in [2.45, 2.75) is 50.8 Å². The summed E-state index contributed by atoms with van der Waals surface area (Å²) in [5.41, 5.74) is 1.66. The van der Waals surface area contributed by atoms with Crippen LogP contribution in [-0.2, 0) is 20.7 Å². The Bertz CT molecular complexity index is 734. The van der Waals surface area contributed by atoms with Crippen molar-refractivity contribution in [3.63, 3.8) is 0 Å². The van der Waals surface area contributed by atoms with E-state index in [1.54, 1.807) is 7.11 Å². The predicted octanol–water partition coefficient (Wildman–Crippen LogP) is 1.42. The van der Waals surface area contributed by atoms with Gasteiger partial charge in [0.15, 0.2) is 0 Å². The number of aryl methyl sites for hydroxylation is 1. The van der Waals surface area contributed by atoms with Crippen LogP contribution in [0.5, 0.6) is 5.75 Å². The van der Waals surface area contributed by atoms with Crippen LogP contribution in [-0.4, -0.2) is 74.5 Å². The van der Waals surface area contributed by atoms with Crippen molar-refractivity contribution in [3.8, 4) is 5.75 Å². The van der Waals surface area contributed by atoms with Crippen LogP contribution in [0.4, 0.5) is 4.79 Å². The van der Waals surface area contributed by atoms with E-state index in [0.29, 0.717) is 31.9 Å². The first-order valence-corrected chi connectivity index (χ1v) is 10.5. The fourth-order valence-corrected chi connectivity index (χ4v) is 3.65. The van der Waals surface area contributed by atoms with Gasteiger partial charge >= 0.3 is 6.09 Å². The number of pyridine rings is 1. The molecule has 30 heavy (non-hydrogen) atoms. The van der Waals surface area contributed by atoms with E-state index in [4.69, 9.17) is 14.5 Å². The summed E-state index contributed by atoms with van der Waals surface area (Å²) in [6, 6.07) is 3.84. The summed E-state index contributed by atoms with van der Waals surface area (Å²) in [6.07, 6.45) is 2.51. The van der Waals surface area contributed by atoms with Crippen LogP contribution in [0.1, 0.15) is 43.6 Å². The second kappa shape index (κ2) is 10.6. The largest absolute Gasteiger partial charge is 0.497 e. The first kappa shape index (κ1) is 22.3. The van der Waals surface area contributed by atoms with Crippen molar-refractivity contribution in [2.75, 3.05) is 40.5 Å². The molecule has 1 aliphatic carbocycles. The molecule has 0 unspecified atom stereocenters. The van der Waals surface area contributed by atoms with Crippen molar-refractivity contribution in [1.29, 1.82) is 0 Å². The van der Waals surface area contributed by atoms with Gasteiger partial charge in [-0.3, -0.25) is 9.78 Å². The molecule has 0 spiro atoms. The Kier molecular flexibility index (Phi) is 7.87. The fraction of sp³-hybridized carbons (Fsp3) is 0.667. The van der Waals surface area contributed by atoms with E-state index in [0.717, 1.165) is 37.2 Å². The van der Waals surface area contributed by atoms with Crippen molar-refractivity contribution in [2.24, 2.45) is 0 Å². The van der Waals surface area contributed by atoms with Gasteiger partial charge in [-0.05, 0) is 32.6 Å². The number of carbonyl (C=O) groups excluding carboxylic acids is 2. The molecule has 2 atom stereocenters. The molecule has 166 valence electrons. The van der Waals surface area contributed by atoms with Gasteiger partial charge in [0, 0.05) is 43.5 Å². The van der Waals surface area contributed by atoms with Gasteiger partial charge in [0.05, 0.1) is 32.6 Å². The first-order valence-electron chi connectivity index (χ1n) is 10.5. The second-order valence-electron chi connectivity index (χ2n) is 7.66. The second-order valence-corrected chi connectivity index (χ2v) is 7.66. The molecular formula is C21H32N4O5. The molecule has 9 nitrogen and oxygen atoms in total. The number of rotatable bonds is 9. The maximum atomic E-state index is 13.2. The Labute approximate surface area is 177 Å². The highest BCUT2D eigenvalue weighted by atomic mass is 16.5. The molecule has 2 N–H and O–H groups in total. The van der Waals surface area contributed by atoms with Gasteiger partial charge in [0.25, 0.3) is 5.91 Å². The Morgan fingerprint density at radius 2 is 2.17 bits per heavy atom. The van der Waals surface area contributed by atoms with Crippen LogP contribution in [0.2, 0.25) is 0 Å². The molecule has 1 aromatic heterocycles. The van der Waals surface area contributed by atoms with E-state index in [2.05, 4.69) is 15.4 Å². The molecule has 2 aliphatic rings. The summed E-state index contributed by atoms with van der Waals surface area (Å²) >= 11 is 0. The van der Waals surface area contributed by atoms with E-state index in [1.807, 2.05) is 24.0 Å². The number of nitrogens with one attached hydrogen (secondary N) is 2. The van der Waals surface area contributed by atoms with Crippen LogP contribution in [0.15, 0.2) is 12.1 Å². The quantitative estimate of drug-likeness (QED) is 0.583. The molecule has 1 saturated carbocycles. The lowest BCUT2D eigenvalue weighted by atomic mass is 10.1. The maximum Gasteiger partial charge on any atom is 0.406 e. The summed E-state index contributed by atoms with van der Waals surface area (Å²) in [4.78, 5) is 31.1. The van der Waals surface area contributed by atoms with Gasteiger partial charge in [-0.25, -0.2) is 4.79 Å². The lowest BCUT2D eigenvalue weighted by molar-refractivity contribution is -0.148. The van der Waals surface area contributed by atoms with Crippen molar-refractivity contribution in [3.05, 3.63) is 23.5 Å². The number of nitrogens with zero attached hydrogens (tertiary/aromatic N) is 2. The highest BCUT2D eigenvalue weighted by molar-refractivity contribution is 5.82. The van der Waals surface area contributed by atoms with Crippen LogP contribution >= 0.6 is 0 Å². The number of ether oxygens (including phenoxy) is 3. The van der Waals surface area contributed by atoms with Gasteiger partial charge in [-0.15, -0.1) is 0 Å². The lowest BCUT2D eigenvalue weighted by Gasteiger charge is -2.34. The Balaban J connectivity index is 1.71. The summed E-state index contributed by atoms with van der Waals surface area (Å²) in [6.45, 7) is 4.36. The van der Waals surface area contributed by atoms with E-state index < -0.39 is 12.2 Å². The molecule has 2 amide bonds. The topological polar surface area (TPSA) is 102 Å². The van der Waals surface area contributed by atoms with Gasteiger partial charge in [-0.2, -0.15) is 0 Å². The fourth-order valence-electron chi connectivity index (χ4n) is 3.65. The normalized spacial score (nSPS) is 19.6. The number of amides is 2. The smallest absolute Gasteiger partial charge is 0.406 e. The van der Waals surface area contributed by atoms with E-state index in [1.165, 1.54) is 7.11 Å². The van der Waals surface area contributed by atoms with Crippen molar-refractivity contribution >= 4 is 12.0 Å². The molecule has 0 radical (unpaired) electrons. The highest BCUT2D eigenvalue weighted by Crippen LogP contribution is 2.35. The van der Waals surface area contributed by atoms with Crippen molar-refractivity contribution < 1.29 is 23.8 Å². The van der Waals surface area contributed by atoms with Crippen LogP contribution < -0.4 is 15.4 Å². The van der Waals surface area contributed by atoms with Gasteiger partial charge < -0.3 is 29.7 Å². The zero-order chi connectivity index (χ0) is 21.5. The summed E-state index contributed by atoms with van der Waals surface area (Å²) in [5, 5.41) is 5.90. The molecular weight excluding hydrogens is 388 g/mol. The number of methoxy groups -OCH3 is 2. The van der Waals surface area contributed by atoms with Gasteiger partial charge in [-0.1, -0.05) is 0 Å². The number of aromatic nitrogens is 1. The standard InChI is InChI=1S/C21H32N4O5/c1-14(25(16-6-7-16)20(26)19-13-22-9-10-30-19)18-12-17(28-2)11-15(24-18)5-4-8-23-21(27)29-3/h11-12,14,16,19,22H,4-10,13H2,1-3H3,(H,23,27)/t14-,19-/m1/s1. The third kappa shape index (κ3) is 5.82. The molecule has 2 heterocycles. The minimum Gasteiger partial charge on any atom is -0.497 e. The zero-order valence-corrected chi connectivity index (χ0v) is 18.0. The number of hydrogen-bond acceptors (Lipinski definition) is 7. The van der Waals surface area contributed by atoms with Crippen LogP contribution in [0.3, 0.4) is 0 Å². The average Bonchev–Trinajstić information content (AvgIpc) is 3.61. The molecule has 1 aromatic rings. The average molecular weight is 421 g/mol. The summed E-state index contributed by atoms with van der Waals surface area (Å²) in [5.74, 6) is 0.729. The SMILES string of the molecule is COC(=O)NCCCc1cc(OC)cc([C@@H](C)N(C(=O)[C@H]2CNCCO2)C2CC2)n1. The summed E-state index contributed by atoms with van der Waals surface area (Å²) < 4.78 is 15.8. The Morgan fingerprint density at radius 1 is 1.37 bits per heavy atom. The minimum absolute atomic E-state index is 0.0191. The number of alkyl carbamates (subject to hydrolysis) is 1. The summed E-state index contributed by atoms with van der Waals surface area (Å²) in [7, 11) is 2.96. The van der Waals surface area contributed by atoms with Gasteiger partial charge in [0.1, 0.15) is 11.9 Å². The van der Waals surface area contributed by atoms with Crippen LogP contribution in [0, 0.1) is 0 Å². The number of carbonyl (C=O) groups is 2. The Morgan fingerprint density at radius 3 is 2.80 bits per heavy atom. The monoisotopic (exact) mass is 420 g/mol. The minimum atomic E-state index is -0.448. The van der Waals surface area contributed by atoms with Gasteiger partial charge in [0.2, 0.25) is 0 Å². The first-order chi connectivity index (χ1) is 14.5. The maximum absolute atomic E-state index is 13.2. The van der Waals surface area contributed by atoms with E-state index in [9.17, 15) is 9.59 Å². The highest BCUT2D eigenvalue weighted by Gasteiger charge is 2.40. The molecule has 1 saturated heterocycles. The molecule has 9 heteroatoms. The van der Waals surface area contributed by atoms with Crippen LogP contribution in [0.25, 0.3) is 0 Å². The molecule has 0 aromatic carbocycles. The third-order valence-electron chi connectivity index (χ3n) is 5.41. The lowest BCUT2D eigenvalue weighted by Crippen LogP contribution is -2.50. The molecule has 1 aliphatic heterocycles. The van der Waals surface area contributed by atoms with Crippen molar-refractivity contribution in [1.82, 2.24) is 20.5 Å². The third-order valence-corrected chi connectivity index (χ3v) is 5.41. The number of hydrogen-bond donors (Lipinski definition) is 2. The molecule has 2 fully saturated rings.